The fourth-order valence-corrected chi connectivity index (χ4v) is 1.59. The lowest BCUT2D eigenvalue weighted by Crippen LogP contribution is -2.27. The van der Waals surface area contributed by atoms with E-state index in [1.54, 1.807) is 6.07 Å². The molecule has 1 rings (SSSR count). The first-order valence-corrected chi connectivity index (χ1v) is 5.77. The number of halogens is 1. The maximum Gasteiger partial charge on any atom is 0.123 e. The monoisotopic (exact) mass is 225 g/mol. The summed E-state index contributed by atoms with van der Waals surface area (Å²) in [5.41, 5.74) is 6.66. The van der Waals surface area contributed by atoms with Gasteiger partial charge in [-0.3, -0.25) is 0 Å². The molecule has 0 aliphatic carbocycles. The van der Waals surface area contributed by atoms with Crippen molar-refractivity contribution >= 4 is 0 Å². The van der Waals surface area contributed by atoms with Gasteiger partial charge in [0.2, 0.25) is 0 Å². The van der Waals surface area contributed by atoms with E-state index in [1.807, 2.05) is 13.0 Å². The van der Waals surface area contributed by atoms with Crippen LogP contribution in [0.3, 0.4) is 0 Å². The van der Waals surface area contributed by atoms with E-state index in [2.05, 4.69) is 6.92 Å². The van der Waals surface area contributed by atoms with Crippen molar-refractivity contribution in [3.63, 3.8) is 0 Å². The fraction of sp³-hybridized carbons (Fsp3) is 0.538. The van der Waals surface area contributed by atoms with Crippen molar-refractivity contribution in [3.8, 4) is 0 Å². The van der Waals surface area contributed by atoms with Crippen LogP contribution in [0.5, 0.6) is 0 Å². The second-order valence-corrected chi connectivity index (χ2v) is 4.06. The van der Waals surface area contributed by atoms with E-state index in [9.17, 15) is 4.39 Å². The molecule has 1 aromatic rings. The summed E-state index contributed by atoms with van der Waals surface area (Å²) in [5.74, 6) is -0.248. The second-order valence-electron chi connectivity index (χ2n) is 4.06. The average molecular weight is 225 g/mol. The summed E-state index contributed by atoms with van der Waals surface area (Å²) in [6.07, 6.45) is 1.86. The molecule has 2 atom stereocenters. The minimum Gasteiger partial charge on any atom is -0.372 e. The molecule has 0 saturated carbocycles. The lowest BCUT2D eigenvalue weighted by atomic mass is 10.0. The van der Waals surface area contributed by atoms with E-state index in [0.29, 0.717) is 6.61 Å². The van der Waals surface area contributed by atoms with Gasteiger partial charge in [0.1, 0.15) is 5.82 Å². The van der Waals surface area contributed by atoms with Gasteiger partial charge < -0.3 is 10.5 Å². The van der Waals surface area contributed by atoms with Gasteiger partial charge in [-0.15, -0.1) is 0 Å². The van der Waals surface area contributed by atoms with Crippen LogP contribution < -0.4 is 5.73 Å². The van der Waals surface area contributed by atoms with E-state index in [-0.39, 0.29) is 18.0 Å². The molecule has 0 heterocycles. The Bertz CT molecular complexity index is 315. The third-order valence-electron chi connectivity index (χ3n) is 2.45. The largest absolute Gasteiger partial charge is 0.372 e. The van der Waals surface area contributed by atoms with Crippen LogP contribution in [0.2, 0.25) is 0 Å². The lowest BCUT2D eigenvalue weighted by Gasteiger charge is -2.21. The van der Waals surface area contributed by atoms with E-state index in [4.69, 9.17) is 10.5 Å². The highest BCUT2D eigenvalue weighted by molar-refractivity contribution is 5.20. The minimum absolute atomic E-state index is 0.140. The van der Waals surface area contributed by atoms with Crippen LogP contribution >= 0.6 is 0 Å². The van der Waals surface area contributed by atoms with Gasteiger partial charge in [0, 0.05) is 12.6 Å². The maximum absolute atomic E-state index is 13.1. The number of ether oxygens (including phenoxy) is 1. The standard InChI is InChI=1S/C13H20FNO/c1-3-4-8-16-13(10(2)15)11-6-5-7-12(14)9-11/h5-7,9-10,13H,3-4,8,15H2,1-2H3. The first-order chi connectivity index (χ1) is 7.65. The minimum atomic E-state index is -0.248. The molecule has 0 aliphatic rings. The summed E-state index contributed by atoms with van der Waals surface area (Å²) < 4.78 is 18.8. The van der Waals surface area contributed by atoms with E-state index in [0.717, 1.165) is 18.4 Å². The Balaban J connectivity index is 2.69. The van der Waals surface area contributed by atoms with Gasteiger partial charge in [0.05, 0.1) is 6.10 Å². The van der Waals surface area contributed by atoms with Gasteiger partial charge in [-0.05, 0) is 31.0 Å². The summed E-state index contributed by atoms with van der Waals surface area (Å²) in [6.45, 7) is 4.65. The topological polar surface area (TPSA) is 35.2 Å². The predicted molar refractivity (Wildman–Crippen MR) is 63.7 cm³/mol. The molecular weight excluding hydrogens is 205 g/mol. The molecule has 90 valence electrons. The van der Waals surface area contributed by atoms with Gasteiger partial charge in [-0.25, -0.2) is 4.39 Å². The summed E-state index contributed by atoms with van der Waals surface area (Å²) in [5, 5.41) is 0. The van der Waals surface area contributed by atoms with Crippen molar-refractivity contribution in [3.05, 3.63) is 35.6 Å². The quantitative estimate of drug-likeness (QED) is 0.755. The summed E-state index contributed by atoms with van der Waals surface area (Å²) in [6, 6.07) is 6.30. The maximum atomic E-state index is 13.1. The zero-order valence-corrected chi connectivity index (χ0v) is 9.95. The number of hydrogen-bond donors (Lipinski definition) is 1. The van der Waals surface area contributed by atoms with Crippen LogP contribution in [-0.4, -0.2) is 12.6 Å². The Morgan fingerprint density at radius 1 is 1.44 bits per heavy atom. The van der Waals surface area contributed by atoms with E-state index < -0.39 is 0 Å². The van der Waals surface area contributed by atoms with Crippen LogP contribution in [0, 0.1) is 5.82 Å². The van der Waals surface area contributed by atoms with E-state index in [1.165, 1.54) is 12.1 Å². The molecule has 0 aliphatic heterocycles. The van der Waals surface area contributed by atoms with Crippen LogP contribution in [0.25, 0.3) is 0 Å². The van der Waals surface area contributed by atoms with Crippen molar-refractivity contribution in [2.24, 2.45) is 5.73 Å². The predicted octanol–water partition coefficient (Wildman–Crippen LogP) is 3.03. The van der Waals surface area contributed by atoms with Crippen molar-refractivity contribution in [2.45, 2.75) is 38.8 Å². The molecule has 0 bridgehead atoms. The van der Waals surface area contributed by atoms with Crippen LogP contribution in [0.15, 0.2) is 24.3 Å². The molecule has 16 heavy (non-hydrogen) atoms. The van der Waals surface area contributed by atoms with Gasteiger partial charge in [-0.1, -0.05) is 25.5 Å². The molecule has 1 aromatic carbocycles. The molecular formula is C13H20FNO. The van der Waals surface area contributed by atoms with Gasteiger partial charge >= 0.3 is 0 Å². The summed E-state index contributed by atoms with van der Waals surface area (Å²) >= 11 is 0. The van der Waals surface area contributed by atoms with Crippen molar-refractivity contribution in [1.82, 2.24) is 0 Å². The zero-order valence-electron chi connectivity index (χ0n) is 9.95. The van der Waals surface area contributed by atoms with E-state index >= 15 is 0 Å². The Hall–Kier alpha value is -0.930. The smallest absolute Gasteiger partial charge is 0.123 e. The van der Waals surface area contributed by atoms with Gasteiger partial charge in [-0.2, -0.15) is 0 Å². The number of nitrogens with two attached hydrogens (primary N) is 1. The van der Waals surface area contributed by atoms with Crippen LogP contribution in [0.1, 0.15) is 38.4 Å². The molecule has 2 N–H and O–H groups in total. The molecule has 0 aromatic heterocycles. The van der Waals surface area contributed by atoms with Crippen molar-refractivity contribution in [2.75, 3.05) is 6.61 Å². The highest BCUT2D eigenvalue weighted by atomic mass is 19.1. The molecule has 3 heteroatoms. The Morgan fingerprint density at radius 3 is 2.75 bits per heavy atom. The molecule has 0 fully saturated rings. The van der Waals surface area contributed by atoms with Crippen LogP contribution in [0.4, 0.5) is 4.39 Å². The number of rotatable bonds is 6. The molecule has 2 nitrogen and oxygen atoms in total. The Morgan fingerprint density at radius 2 is 2.19 bits per heavy atom. The SMILES string of the molecule is CCCCOC(c1cccc(F)c1)C(C)N. The Kier molecular flexibility index (Phi) is 5.43. The third-order valence-corrected chi connectivity index (χ3v) is 2.45. The van der Waals surface area contributed by atoms with Gasteiger partial charge in [0.15, 0.2) is 0 Å². The molecule has 0 radical (unpaired) electrons. The first kappa shape index (κ1) is 13.1. The third kappa shape index (κ3) is 3.91. The molecule has 2 unspecified atom stereocenters. The van der Waals surface area contributed by atoms with Crippen LogP contribution in [-0.2, 0) is 4.74 Å². The molecule has 0 spiro atoms. The molecule has 0 saturated heterocycles. The fourth-order valence-electron chi connectivity index (χ4n) is 1.59. The van der Waals surface area contributed by atoms with Crippen molar-refractivity contribution in [1.29, 1.82) is 0 Å². The summed E-state index contributed by atoms with van der Waals surface area (Å²) in [4.78, 5) is 0. The number of benzene rings is 1. The van der Waals surface area contributed by atoms with Gasteiger partial charge in [0.25, 0.3) is 0 Å². The zero-order chi connectivity index (χ0) is 12.0. The average Bonchev–Trinajstić information content (AvgIpc) is 2.24. The van der Waals surface area contributed by atoms with Crippen molar-refractivity contribution < 1.29 is 9.13 Å². The normalized spacial score (nSPS) is 14.8. The first-order valence-electron chi connectivity index (χ1n) is 5.77. The highest BCUT2D eigenvalue weighted by Crippen LogP contribution is 2.21. The lowest BCUT2D eigenvalue weighted by molar-refractivity contribution is 0.0364. The number of unbranched alkanes of at least 4 members (excludes halogenated alkanes) is 1. The Labute approximate surface area is 96.6 Å². The second kappa shape index (κ2) is 6.61. The number of hydrogen-bond acceptors (Lipinski definition) is 2. The highest BCUT2D eigenvalue weighted by Gasteiger charge is 2.16. The summed E-state index contributed by atoms with van der Waals surface area (Å²) in [7, 11) is 0. The molecule has 0 amide bonds.